The molecular weight excluding hydrogens is 248 g/mol. The van der Waals surface area contributed by atoms with Crippen molar-refractivity contribution < 1.29 is 14.5 Å². The van der Waals surface area contributed by atoms with Crippen molar-refractivity contribution in [1.82, 2.24) is 0 Å². The van der Waals surface area contributed by atoms with E-state index in [1.54, 1.807) is 20.8 Å². The van der Waals surface area contributed by atoms with E-state index < -0.39 is 16.6 Å². The summed E-state index contributed by atoms with van der Waals surface area (Å²) in [6.45, 7) is 5.09. The number of rotatable bonds is 2. The van der Waals surface area contributed by atoms with E-state index >= 15 is 0 Å². The lowest BCUT2D eigenvalue weighted by Gasteiger charge is -2.19. The molecule has 1 aromatic rings. The summed E-state index contributed by atoms with van der Waals surface area (Å²) in [5.41, 5.74) is -0.557. The van der Waals surface area contributed by atoms with Gasteiger partial charge in [-0.05, 0) is 32.9 Å². The minimum absolute atomic E-state index is 0.0400. The van der Waals surface area contributed by atoms with E-state index in [2.05, 4.69) is 11.2 Å². The predicted octanol–water partition coefficient (Wildman–Crippen LogP) is 2.92. The Morgan fingerprint density at radius 2 is 2.11 bits per heavy atom. The molecule has 0 bridgehead atoms. The summed E-state index contributed by atoms with van der Waals surface area (Å²) < 4.78 is 5.02. The van der Waals surface area contributed by atoms with Gasteiger partial charge in [-0.2, -0.15) is 0 Å². The second-order valence-corrected chi connectivity index (χ2v) is 4.76. The third kappa shape index (κ3) is 4.32. The van der Waals surface area contributed by atoms with Gasteiger partial charge in [-0.3, -0.25) is 15.4 Å². The summed E-state index contributed by atoms with van der Waals surface area (Å²) in [4.78, 5) is 21.8. The second-order valence-electron chi connectivity index (χ2n) is 4.76. The summed E-state index contributed by atoms with van der Waals surface area (Å²) in [6.07, 6.45) is 4.41. The molecule has 0 aliphatic rings. The molecule has 0 aliphatic heterocycles. The fourth-order valence-electron chi connectivity index (χ4n) is 1.29. The van der Waals surface area contributed by atoms with Crippen LogP contribution < -0.4 is 5.32 Å². The average molecular weight is 262 g/mol. The Kier molecular flexibility index (Phi) is 4.12. The van der Waals surface area contributed by atoms with Gasteiger partial charge >= 0.3 is 6.09 Å². The van der Waals surface area contributed by atoms with Gasteiger partial charge < -0.3 is 4.74 Å². The first-order chi connectivity index (χ1) is 8.73. The molecule has 1 aromatic carbocycles. The Labute approximate surface area is 110 Å². The van der Waals surface area contributed by atoms with Crippen molar-refractivity contribution in [2.45, 2.75) is 26.4 Å². The van der Waals surface area contributed by atoms with Crippen molar-refractivity contribution in [2.75, 3.05) is 5.32 Å². The Hall–Kier alpha value is -2.55. The normalized spacial score (nSPS) is 10.4. The summed E-state index contributed by atoms with van der Waals surface area (Å²) >= 11 is 0. The fourth-order valence-corrected chi connectivity index (χ4v) is 1.29. The zero-order valence-corrected chi connectivity index (χ0v) is 10.9. The molecule has 0 aromatic heterocycles. The van der Waals surface area contributed by atoms with Crippen LogP contribution in [-0.4, -0.2) is 16.6 Å². The van der Waals surface area contributed by atoms with Gasteiger partial charge in [-0.25, -0.2) is 4.79 Å². The number of ether oxygens (including phenoxy) is 1. The Morgan fingerprint density at radius 3 is 2.58 bits per heavy atom. The average Bonchev–Trinajstić information content (AvgIpc) is 2.26. The van der Waals surface area contributed by atoms with E-state index in [4.69, 9.17) is 11.2 Å². The van der Waals surface area contributed by atoms with Gasteiger partial charge in [0.15, 0.2) is 0 Å². The van der Waals surface area contributed by atoms with Crippen molar-refractivity contribution in [3.05, 3.63) is 33.9 Å². The van der Waals surface area contributed by atoms with Gasteiger partial charge in [-0.15, -0.1) is 6.42 Å². The van der Waals surface area contributed by atoms with Crippen LogP contribution in [0.2, 0.25) is 0 Å². The number of hydrogen-bond donors (Lipinski definition) is 1. The maximum absolute atomic E-state index is 11.6. The lowest BCUT2D eigenvalue weighted by molar-refractivity contribution is -0.383. The molecule has 6 nitrogen and oxygen atoms in total. The zero-order valence-electron chi connectivity index (χ0n) is 10.9. The van der Waals surface area contributed by atoms with Crippen molar-refractivity contribution >= 4 is 17.5 Å². The van der Waals surface area contributed by atoms with Crippen molar-refractivity contribution in [3.8, 4) is 12.3 Å². The molecular formula is C13H14N2O4. The smallest absolute Gasteiger partial charge is 0.412 e. The number of carbonyl (C=O) groups is 1. The number of nitrogens with one attached hydrogen (secondary N) is 1. The summed E-state index contributed by atoms with van der Waals surface area (Å²) in [7, 11) is 0. The SMILES string of the molecule is C#Cc1ccc(NC(=O)OC(C)(C)C)c([N+](=O)[O-])c1. The highest BCUT2D eigenvalue weighted by Crippen LogP contribution is 2.25. The number of nitro benzene ring substituents is 1. The minimum atomic E-state index is -0.760. The van der Waals surface area contributed by atoms with Crippen molar-refractivity contribution in [1.29, 1.82) is 0 Å². The highest BCUT2D eigenvalue weighted by atomic mass is 16.6. The van der Waals surface area contributed by atoms with Crippen LogP contribution in [0.15, 0.2) is 18.2 Å². The Morgan fingerprint density at radius 1 is 1.47 bits per heavy atom. The molecule has 0 unspecified atom stereocenters. The number of benzene rings is 1. The zero-order chi connectivity index (χ0) is 14.6. The van der Waals surface area contributed by atoms with Crippen LogP contribution in [0.1, 0.15) is 26.3 Å². The molecule has 0 saturated heterocycles. The molecule has 0 saturated carbocycles. The summed E-state index contributed by atoms with van der Waals surface area (Å²) in [6, 6.07) is 4.09. The van der Waals surface area contributed by atoms with Crippen LogP contribution in [0, 0.1) is 22.5 Å². The van der Waals surface area contributed by atoms with Gasteiger partial charge in [0.2, 0.25) is 0 Å². The highest BCUT2D eigenvalue weighted by Gasteiger charge is 2.20. The fraction of sp³-hybridized carbons (Fsp3) is 0.308. The Bertz CT molecular complexity index is 553. The van der Waals surface area contributed by atoms with Gasteiger partial charge in [-0.1, -0.05) is 5.92 Å². The first kappa shape index (κ1) is 14.5. The Balaban J connectivity index is 2.99. The quantitative estimate of drug-likeness (QED) is 0.504. The molecule has 0 atom stereocenters. The summed E-state index contributed by atoms with van der Waals surface area (Å²) in [5, 5.41) is 13.2. The number of anilines is 1. The maximum atomic E-state index is 11.6. The van der Waals surface area contributed by atoms with Gasteiger partial charge in [0, 0.05) is 11.6 Å². The number of nitrogens with zero attached hydrogens (tertiary/aromatic N) is 1. The van der Waals surface area contributed by atoms with Crippen LogP contribution in [0.4, 0.5) is 16.2 Å². The molecule has 100 valence electrons. The van der Waals surface area contributed by atoms with Crippen LogP contribution >= 0.6 is 0 Å². The standard InChI is InChI=1S/C13H14N2O4/c1-5-9-6-7-10(11(8-9)15(17)18)14-12(16)19-13(2,3)4/h1,6-8H,2-4H3,(H,14,16). The third-order valence-electron chi connectivity index (χ3n) is 2.00. The predicted molar refractivity (Wildman–Crippen MR) is 70.9 cm³/mol. The van der Waals surface area contributed by atoms with Crippen LogP contribution in [-0.2, 0) is 4.74 Å². The number of terminal acetylenes is 1. The lowest BCUT2D eigenvalue weighted by atomic mass is 10.2. The van der Waals surface area contributed by atoms with Crippen LogP contribution in [0.3, 0.4) is 0 Å². The van der Waals surface area contributed by atoms with Crippen molar-refractivity contribution in [2.24, 2.45) is 0 Å². The largest absolute Gasteiger partial charge is 0.444 e. The molecule has 0 spiro atoms. The van der Waals surface area contributed by atoms with E-state index in [1.165, 1.54) is 18.2 Å². The molecule has 19 heavy (non-hydrogen) atoms. The molecule has 6 heteroatoms. The third-order valence-corrected chi connectivity index (χ3v) is 2.00. The molecule has 1 rings (SSSR count). The number of hydrogen-bond acceptors (Lipinski definition) is 4. The number of amides is 1. The van der Waals surface area contributed by atoms with E-state index in [9.17, 15) is 14.9 Å². The summed E-state index contributed by atoms with van der Waals surface area (Å²) in [5.74, 6) is 2.29. The van der Waals surface area contributed by atoms with Gasteiger partial charge in [0.1, 0.15) is 11.3 Å². The molecule has 0 radical (unpaired) electrons. The lowest BCUT2D eigenvalue weighted by Crippen LogP contribution is -2.27. The van der Waals surface area contributed by atoms with E-state index in [0.717, 1.165) is 0 Å². The molecule has 1 amide bonds. The molecule has 0 fully saturated rings. The molecule has 0 heterocycles. The number of nitro groups is 1. The van der Waals surface area contributed by atoms with Crippen molar-refractivity contribution in [3.63, 3.8) is 0 Å². The van der Waals surface area contributed by atoms with E-state index in [1.807, 2.05) is 0 Å². The highest BCUT2D eigenvalue weighted by molar-refractivity contribution is 5.88. The van der Waals surface area contributed by atoms with Gasteiger partial charge in [0.25, 0.3) is 5.69 Å². The molecule has 0 aliphatic carbocycles. The molecule has 1 N–H and O–H groups in total. The van der Waals surface area contributed by atoms with Crippen LogP contribution in [0.5, 0.6) is 0 Å². The minimum Gasteiger partial charge on any atom is -0.444 e. The topological polar surface area (TPSA) is 81.5 Å². The maximum Gasteiger partial charge on any atom is 0.412 e. The monoisotopic (exact) mass is 262 g/mol. The first-order valence-corrected chi connectivity index (χ1v) is 5.48. The number of carbonyl (C=O) groups excluding carboxylic acids is 1. The van der Waals surface area contributed by atoms with E-state index in [0.29, 0.717) is 5.56 Å². The first-order valence-electron chi connectivity index (χ1n) is 5.48. The second kappa shape index (κ2) is 5.40. The van der Waals surface area contributed by atoms with E-state index in [-0.39, 0.29) is 11.4 Å². The van der Waals surface area contributed by atoms with Gasteiger partial charge in [0.05, 0.1) is 4.92 Å². The van der Waals surface area contributed by atoms with Crippen LogP contribution in [0.25, 0.3) is 0 Å².